The molecule has 1 aromatic rings. The fourth-order valence-corrected chi connectivity index (χ4v) is 1.70. The first-order valence-corrected chi connectivity index (χ1v) is 5.60. The normalized spacial score (nSPS) is 22.9. The highest BCUT2D eigenvalue weighted by Gasteiger charge is 2.53. The van der Waals surface area contributed by atoms with Gasteiger partial charge in [0.05, 0.1) is 13.2 Å². The van der Waals surface area contributed by atoms with Crippen LogP contribution in [0, 0.1) is 0 Å². The number of carbonyl (C=O) groups excluding carboxylic acids is 1. The number of halogens is 1. The van der Waals surface area contributed by atoms with Gasteiger partial charge in [0.1, 0.15) is 0 Å². The summed E-state index contributed by atoms with van der Waals surface area (Å²) in [5.74, 6) is -0.273. The number of ether oxygens (including phenoxy) is 2. The van der Waals surface area contributed by atoms with Gasteiger partial charge in [-0.3, -0.25) is 0 Å². The van der Waals surface area contributed by atoms with Crippen LogP contribution >= 0.6 is 11.6 Å². The van der Waals surface area contributed by atoms with Gasteiger partial charge in [-0.05, 0) is 24.6 Å². The van der Waals surface area contributed by atoms with Gasteiger partial charge in [-0.25, -0.2) is 4.79 Å². The Kier molecular flexibility index (Phi) is 3.17. The van der Waals surface area contributed by atoms with Gasteiger partial charge < -0.3 is 9.47 Å². The molecule has 3 nitrogen and oxygen atoms in total. The molecule has 0 amide bonds. The van der Waals surface area contributed by atoms with Crippen molar-refractivity contribution < 1.29 is 14.3 Å². The van der Waals surface area contributed by atoms with Crippen LogP contribution in [0.4, 0.5) is 0 Å². The Morgan fingerprint density at radius 1 is 1.50 bits per heavy atom. The van der Waals surface area contributed by atoms with Crippen molar-refractivity contribution in [3.63, 3.8) is 0 Å². The van der Waals surface area contributed by atoms with Gasteiger partial charge in [-0.15, -0.1) is 0 Å². The van der Waals surface area contributed by atoms with Crippen molar-refractivity contribution in [3.05, 3.63) is 34.9 Å². The van der Waals surface area contributed by atoms with Gasteiger partial charge in [0.25, 0.3) is 0 Å². The van der Waals surface area contributed by atoms with E-state index in [0.717, 1.165) is 5.56 Å². The molecule has 1 heterocycles. The second kappa shape index (κ2) is 4.44. The monoisotopic (exact) mass is 240 g/mol. The lowest BCUT2D eigenvalue weighted by molar-refractivity contribution is -0.149. The van der Waals surface area contributed by atoms with E-state index in [1.165, 1.54) is 0 Å². The Balaban J connectivity index is 2.04. The SMILES string of the molecule is CCOC(=O)C1(Cc2ccc(Cl)cc2)CO1. The zero-order valence-electron chi connectivity index (χ0n) is 9.03. The van der Waals surface area contributed by atoms with E-state index in [1.807, 2.05) is 12.1 Å². The van der Waals surface area contributed by atoms with Gasteiger partial charge in [0.2, 0.25) is 0 Å². The highest BCUT2D eigenvalue weighted by atomic mass is 35.5. The number of carbonyl (C=O) groups is 1. The van der Waals surface area contributed by atoms with Gasteiger partial charge in [-0.1, -0.05) is 23.7 Å². The number of hydrogen-bond acceptors (Lipinski definition) is 3. The van der Waals surface area contributed by atoms with E-state index < -0.39 is 5.60 Å². The minimum atomic E-state index is -0.746. The topological polar surface area (TPSA) is 38.8 Å². The highest BCUT2D eigenvalue weighted by molar-refractivity contribution is 6.30. The lowest BCUT2D eigenvalue weighted by Gasteiger charge is -2.10. The van der Waals surface area contributed by atoms with Crippen molar-refractivity contribution in [2.45, 2.75) is 18.9 Å². The second-order valence-electron chi connectivity index (χ2n) is 3.81. The maximum atomic E-state index is 11.6. The molecule has 1 aliphatic heterocycles. The zero-order chi connectivity index (χ0) is 11.6. The summed E-state index contributed by atoms with van der Waals surface area (Å²) in [5, 5.41) is 0.686. The fourth-order valence-electron chi connectivity index (χ4n) is 1.57. The number of epoxide rings is 1. The molecule has 1 unspecified atom stereocenters. The van der Waals surface area contributed by atoms with Gasteiger partial charge >= 0.3 is 5.97 Å². The van der Waals surface area contributed by atoms with Crippen LogP contribution in [0.15, 0.2) is 24.3 Å². The molecule has 16 heavy (non-hydrogen) atoms. The summed E-state index contributed by atoms with van der Waals surface area (Å²) in [5.41, 5.74) is 0.277. The Hall–Kier alpha value is -1.06. The third-order valence-electron chi connectivity index (χ3n) is 2.54. The van der Waals surface area contributed by atoms with E-state index in [1.54, 1.807) is 19.1 Å². The van der Waals surface area contributed by atoms with Crippen LogP contribution in [0.5, 0.6) is 0 Å². The standard InChI is InChI=1S/C12H13ClO3/c1-2-15-11(14)12(8-16-12)7-9-3-5-10(13)6-4-9/h3-6H,2,7-8H2,1H3. The predicted octanol–water partition coefficient (Wildman–Crippen LogP) is 2.21. The van der Waals surface area contributed by atoms with Crippen LogP contribution in [-0.2, 0) is 20.7 Å². The Morgan fingerprint density at radius 3 is 2.62 bits per heavy atom. The van der Waals surface area contributed by atoms with E-state index in [9.17, 15) is 4.79 Å². The van der Waals surface area contributed by atoms with E-state index in [-0.39, 0.29) is 5.97 Å². The largest absolute Gasteiger partial charge is 0.464 e. The summed E-state index contributed by atoms with van der Waals surface area (Å²) >= 11 is 5.79. The van der Waals surface area contributed by atoms with E-state index in [2.05, 4.69) is 0 Å². The molecule has 1 fully saturated rings. The molecule has 0 radical (unpaired) electrons. The molecule has 0 N–H and O–H groups in total. The van der Waals surface area contributed by atoms with Crippen LogP contribution in [0.25, 0.3) is 0 Å². The van der Waals surface area contributed by atoms with Gasteiger partial charge in [0.15, 0.2) is 5.60 Å². The first-order valence-electron chi connectivity index (χ1n) is 5.22. The van der Waals surface area contributed by atoms with Crippen LogP contribution in [-0.4, -0.2) is 24.8 Å². The van der Waals surface area contributed by atoms with Crippen LogP contribution in [0.1, 0.15) is 12.5 Å². The fraction of sp³-hybridized carbons (Fsp3) is 0.417. The van der Waals surface area contributed by atoms with Crippen molar-refractivity contribution >= 4 is 17.6 Å². The van der Waals surface area contributed by atoms with E-state index in [0.29, 0.717) is 24.7 Å². The van der Waals surface area contributed by atoms with E-state index in [4.69, 9.17) is 21.1 Å². The van der Waals surface area contributed by atoms with Gasteiger partial charge in [-0.2, -0.15) is 0 Å². The van der Waals surface area contributed by atoms with Crippen molar-refractivity contribution in [2.24, 2.45) is 0 Å². The molecule has 0 aliphatic carbocycles. The molecule has 2 rings (SSSR count). The number of rotatable bonds is 4. The van der Waals surface area contributed by atoms with Crippen LogP contribution < -0.4 is 0 Å². The molecule has 0 bridgehead atoms. The highest BCUT2D eigenvalue weighted by Crippen LogP contribution is 2.32. The summed E-state index contributed by atoms with van der Waals surface area (Å²) in [4.78, 5) is 11.6. The van der Waals surface area contributed by atoms with E-state index >= 15 is 0 Å². The first-order chi connectivity index (χ1) is 7.66. The lowest BCUT2D eigenvalue weighted by atomic mass is 10.0. The minimum Gasteiger partial charge on any atom is -0.464 e. The predicted molar refractivity (Wildman–Crippen MR) is 60.5 cm³/mol. The quantitative estimate of drug-likeness (QED) is 0.598. The molecule has 86 valence electrons. The summed E-state index contributed by atoms with van der Waals surface area (Å²) in [6, 6.07) is 7.40. The molecule has 1 saturated heterocycles. The number of benzene rings is 1. The molecule has 0 spiro atoms. The maximum absolute atomic E-state index is 11.6. The van der Waals surface area contributed by atoms with Crippen LogP contribution in [0.2, 0.25) is 5.02 Å². The summed E-state index contributed by atoms with van der Waals surface area (Å²) < 4.78 is 10.2. The van der Waals surface area contributed by atoms with Crippen LogP contribution in [0.3, 0.4) is 0 Å². The molecule has 1 aromatic carbocycles. The Morgan fingerprint density at radius 2 is 2.12 bits per heavy atom. The zero-order valence-corrected chi connectivity index (χ0v) is 9.79. The first kappa shape index (κ1) is 11.4. The lowest BCUT2D eigenvalue weighted by Crippen LogP contribution is -2.29. The van der Waals surface area contributed by atoms with Crippen molar-refractivity contribution in [1.82, 2.24) is 0 Å². The summed E-state index contributed by atoms with van der Waals surface area (Å²) in [6.45, 7) is 2.61. The van der Waals surface area contributed by atoms with Crippen molar-refractivity contribution in [1.29, 1.82) is 0 Å². The summed E-state index contributed by atoms with van der Waals surface area (Å²) in [6.07, 6.45) is 0.545. The summed E-state index contributed by atoms with van der Waals surface area (Å²) in [7, 11) is 0. The second-order valence-corrected chi connectivity index (χ2v) is 4.24. The molecular weight excluding hydrogens is 228 g/mol. The minimum absolute atomic E-state index is 0.273. The van der Waals surface area contributed by atoms with Gasteiger partial charge in [0, 0.05) is 11.4 Å². The number of hydrogen-bond donors (Lipinski definition) is 0. The number of esters is 1. The average molecular weight is 241 g/mol. The average Bonchev–Trinajstić information content (AvgIpc) is 3.03. The third-order valence-corrected chi connectivity index (χ3v) is 2.80. The van der Waals surface area contributed by atoms with Crippen molar-refractivity contribution in [3.8, 4) is 0 Å². The maximum Gasteiger partial charge on any atom is 0.341 e. The molecule has 0 saturated carbocycles. The Bertz CT molecular complexity index is 382. The molecule has 1 atom stereocenters. The molecule has 0 aromatic heterocycles. The Labute approximate surface area is 99.3 Å². The smallest absolute Gasteiger partial charge is 0.341 e. The molecule has 1 aliphatic rings. The molecule has 4 heteroatoms. The van der Waals surface area contributed by atoms with Crippen molar-refractivity contribution in [2.75, 3.05) is 13.2 Å². The molecular formula is C12H13ClO3. The third kappa shape index (κ3) is 2.36.